The first-order chi connectivity index (χ1) is 13.1. The summed E-state index contributed by atoms with van der Waals surface area (Å²) < 4.78 is 15.4. The molecule has 0 unspecified atom stereocenters. The number of carbonyl (C=O) groups is 1. The molecule has 6 heteroatoms. The molecule has 0 radical (unpaired) electrons. The predicted octanol–water partition coefficient (Wildman–Crippen LogP) is 4.51. The van der Waals surface area contributed by atoms with Crippen LogP contribution in [0.25, 0.3) is 5.69 Å². The van der Waals surface area contributed by atoms with Crippen molar-refractivity contribution in [1.29, 1.82) is 0 Å². The van der Waals surface area contributed by atoms with Crippen LogP contribution in [0, 0.1) is 5.82 Å². The molecule has 4 nitrogen and oxygen atoms in total. The first-order valence-corrected chi connectivity index (χ1v) is 9.35. The van der Waals surface area contributed by atoms with Gasteiger partial charge in [0.05, 0.1) is 11.8 Å². The number of likely N-dealkylation sites (tertiary alicyclic amines) is 1. The maximum absolute atomic E-state index is 14.0. The summed E-state index contributed by atoms with van der Waals surface area (Å²) in [5, 5.41) is 4.90. The number of halogens is 2. The van der Waals surface area contributed by atoms with E-state index in [-0.39, 0.29) is 17.8 Å². The van der Waals surface area contributed by atoms with Crippen molar-refractivity contribution in [2.75, 3.05) is 6.54 Å². The molecule has 1 atom stereocenters. The van der Waals surface area contributed by atoms with Crippen molar-refractivity contribution < 1.29 is 9.18 Å². The number of hydrogen-bond donors (Lipinski definition) is 0. The van der Waals surface area contributed by atoms with Crippen molar-refractivity contribution in [2.45, 2.75) is 25.3 Å². The van der Waals surface area contributed by atoms with Gasteiger partial charge in [0.2, 0.25) is 0 Å². The lowest BCUT2D eigenvalue weighted by atomic mass is 10.0. The molecule has 1 fully saturated rings. The highest BCUT2D eigenvalue weighted by atomic mass is 35.5. The fourth-order valence-corrected chi connectivity index (χ4v) is 3.81. The van der Waals surface area contributed by atoms with Crippen molar-refractivity contribution >= 4 is 17.5 Å². The Morgan fingerprint density at radius 2 is 1.96 bits per heavy atom. The third kappa shape index (κ3) is 3.60. The molecule has 3 aromatic rings. The second kappa shape index (κ2) is 7.53. The Balaban J connectivity index is 1.54. The minimum absolute atomic E-state index is 0.0767. The molecule has 0 N–H and O–H groups in total. The van der Waals surface area contributed by atoms with Crippen LogP contribution >= 0.6 is 11.6 Å². The summed E-state index contributed by atoms with van der Waals surface area (Å²) in [5.41, 5.74) is 1.83. The van der Waals surface area contributed by atoms with E-state index in [1.54, 1.807) is 24.4 Å². The Bertz CT molecular complexity index is 971. The van der Waals surface area contributed by atoms with Gasteiger partial charge < -0.3 is 4.90 Å². The number of benzene rings is 2. The van der Waals surface area contributed by atoms with Gasteiger partial charge in [-0.05, 0) is 43.0 Å². The van der Waals surface area contributed by atoms with Crippen LogP contribution in [-0.4, -0.2) is 33.2 Å². The first kappa shape index (κ1) is 17.7. The van der Waals surface area contributed by atoms with Crippen LogP contribution in [0.2, 0.25) is 5.02 Å². The molecule has 1 aliphatic heterocycles. The lowest BCUT2D eigenvalue weighted by molar-refractivity contribution is 0.0736. The van der Waals surface area contributed by atoms with Crippen molar-refractivity contribution in [3.8, 4) is 5.69 Å². The number of carbonyl (C=O) groups excluding carboxylic acids is 1. The molecule has 1 aromatic heterocycles. The minimum Gasteiger partial charge on any atom is -0.335 e. The summed E-state index contributed by atoms with van der Waals surface area (Å²) in [5.74, 6) is -0.454. The van der Waals surface area contributed by atoms with Crippen molar-refractivity contribution in [1.82, 2.24) is 14.7 Å². The third-order valence-electron chi connectivity index (χ3n) is 4.98. The van der Waals surface area contributed by atoms with Gasteiger partial charge in [0.1, 0.15) is 11.5 Å². The lowest BCUT2D eigenvalue weighted by Gasteiger charge is -2.24. The van der Waals surface area contributed by atoms with Crippen LogP contribution in [0.3, 0.4) is 0 Å². The smallest absolute Gasteiger partial charge is 0.257 e. The molecule has 27 heavy (non-hydrogen) atoms. The number of aromatic nitrogens is 2. The highest BCUT2D eigenvalue weighted by Crippen LogP contribution is 2.26. The quantitative estimate of drug-likeness (QED) is 0.664. The summed E-state index contributed by atoms with van der Waals surface area (Å²) >= 11 is 6.28. The van der Waals surface area contributed by atoms with Crippen LogP contribution in [0.1, 0.15) is 28.8 Å². The van der Waals surface area contributed by atoms with Crippen LogP contribution in [0.15, 0.2) is 60.9 Å². The van der Waals surface area contributed by atoms with Gasteiger partial charge in [-0.25, -0.2) is 9.07 Å². The number of amides is 1. The Labute approximate surface area is 162 Å². The third-order valence-corrected chi connectivity index (χ3v) is 5.35. The molecule has 1 aliphatic rings. The van der Waals surface area contributed by atoms with E-state index < -0.39 is 0 Å². The molecule has 4 rings (SSSR count). The van der Waals surface area contributed by atoms with E-state index in [9.17, 15) is 9.18 Å². The van der Waals surface area contributed by atoms with Gasteiger partial charge >= 0.3 is 0 Å². The molecular formula is C21H19ClFN3O. The summed E-state index contributed by atoms with van der Waals surface area (Å²) in [4.78, 5) is 14.9. The predicted molar refractivity (Wildman–Crippen MR) is 103 cm³/mol. The van der Waals surface area contributed by atoms with Gasteiger partial charge in [-0.2, -0.15) is 5.10 Å². The minimum atomic E-state index is -0.377. The molecule has 1 saturated heterocycles. The maximum atomic E-state index is 14.0. The number of rotatable bonds is 4. The highest BCUT2D eigenvalue weighted by molar-refractivity contribution is 6.31. The SMILES string of the molecule is O=C(c1cnn(-c2ccccc2F)c1)N1CCC[C@H]1Cc1ccccc1Cl. The van der Waals surface area contributed by atoms with Crippen LogP contribution in [-0.2, 0) is 6.42 Å². The topological polar surface area (TPSA) is 38.1 Å². The van der Waals surface area contributed by atoms with Crippen molar-refractivity contribution in [2.24, 2.45) is 0 Å². The van der Waals surface area contributed by atoms with E-state index in [1.165, 1.54) is 16.9 Å². The van der Waals surface area contributed by atoms with Gasteiger partial charge in [0.15, 0.2) is 0 Å². The average Bonchev–Trinajstić information content (AvgIpc) is 3.33. The van der Waals surface area contributed by atoms with Crippen LogP contribution in [0.5, 0.6) is 0 Å². The fraction of sp³-hybridized carbons (Fsp3) is 0.238. The summed E-state index contributed by atoms with van der Waals surface area (Å²) in [6.07, 6.45) is 5.72. The molecule has 0 aliphatic carbocycles. The molecule has 0 saturated carbocycles. The van der Waals surface area contributed by atoms with Crippen LogP contribution < -0.4 is 0 Å². The molecular weight excluding hydrogens is 365 g/mol. The van der Waals surface area contributed by atoms with E-state index in [0.717, 1.165) is 29.8 Å². The fourth-order valence-electron chi connectivity index (χ4n) is 3.60. The molecule has 0 spiro atoms. The number of para-hydroxylation sites is 1. The molecule has 1 amide bonds. The van der Waals surface area contributed by atoms with E-state index in [4.69, 9.17) is 11.6 Å². The normalized spacial score (nSPS) is 16.7. The second-order valence-corrected chi connectivity index (χ2v) is 7.12. The lowest BCUT2D eigenvalue weighted by Crippen LogP contribution is -2.36. The zero-order valence-corrected chi connectivity index (χ0v) is 15.4. The summed E-state index contributed by atoms with van der Waals surface area (Å²) in [7, 11) is 0. The molecule has 2 heterocycles. The summed E-state index contributed by atoms with van der Waals surface area (Å²) in [6, 6.07) is 14.2. The maximum Gasteiger partial charge on any atom is 0.257 e. The van der Waals surface area contributed by atoms with E-state index in [1.807, 2.05) is 29.2 Å². The largest absolute Gasteiger partial charge is 0.335 e. The number of hydrogen-bond acceptors (Lipinski definition) is 2. The van der Waals surface area contributed by atoms with E-state index in [2.05, 4.69) is 5.10 Å². The van der Waals surface area contributed by atoms with E-state index in [0.29, 0.717) is 17.8 Å². The van der Waals surface area contributed by atoms with Crippen molar-refractivity contribution in [3.05, 3.63) is 82.9 Å². The zero-order chi connectivity index (χ0) is 18.8. The van der Waals surface area contributed by atoms with Gasteiger partial charge in [0.25, 0.3) is 5.91 Å². The standard InChI is InChI=1S/C21H19ClFN3O/c22-18-8-2-1-6-15(18)12-17-7-5-11-25(17)21(27)16-13-24-26(14-16)20-10-4-3-9-19(20)23/h1-4,6,8-10,13-14,17H,5,7,11-12H2/t17-/m0/s1. The molecule has 0 bridgehead atoms. The average molecular weight is 384 g/mol. The second-order valence-electron chi connectivity index (χ2n) is 6.72. The molecule has 138 valence electrons. The Kier molecular flexibility index (Phi) is 4.94. The van der Waals surface area contributed by atoms with E-state index >= 15 is 0 Å². The van der Waals surface area contributed by atoms with Gasteiger partial charge in [-0.3, -0.25) is 4.79 Å². The molecule has 2 aromatic carbocycles. The van der Waals surface area contributed by atoms with Crippen LogP contribution in [0.4, 0.5) is 4.39 Å². The number of nitrogens with zero attached hydrogens (tertiary/aromatic N) is 3. The first-order valence-electron chi connectivity index (χ1n) is 8.97. The van der Waals surface area contributed by atoms with Crippen molar-refractivity contribution in [3.63, 3.8) is 0 Å². The van der Waals surface area contributed by atoms with Gasteiger partial charge in [-0.15, -0.1) is 0 Å². The monoisotopic (exact) mass is 383 g/mol. The Hall–Kier alpha value is -2.66. The van der Waals surface area contributed by atoms with Gasteiger partial charge in [0, 0.05) is 23.8 Å². The highest BCUT2D eigenvalue weighted by Gasteiger charge is 2.30. The zero-order valence-electron chi connectivity index (χ0n) is 14.7. The summed E-state index contributed by atoms with van der Waals surface area (Å²) in [6.45, 7) is 0.707. The van der Waals surface area contributed by atoms with Gasteiger partial charge in [-0.1, -0.05) is 41.9 Å². The Morgan fingerprint density at radius 1 is 1.19 bits per heavy atom. The Morgan fingerprint density at radius 3 is 2.78 bits per heavy atom.